The molecule has 1 saturated heterocycles. The van der Waals surface area contributed by atoms with Crippen LogP contribution in [0.3, 0.4) is 0 Å². The second-order valence-corrected chi connectivity index (χ2v) is 18.7. The average Bonchev–Trinajstić information content (AvgIpc) is 3.45. The summed E-state index contributed by atoms with van der Waals surface area (Å²) in [4.78, 5) is 12.9. The molecule has 0 aromatic carbocycles. The fourth-order valence-electron chi connectivity index (χ4n) is 5.02. The van der Waals surface area contributed by atoms with Crippen molar-refractivity contribution >= 4 is 47.9 Å². The van der Waals surface area contributed by atoms with E-state index in [1.807, 2.05) is 0 Å². The third-order valence-electron chi connectivity index (χ3n) is 7.93. The van der Waals surface area contributed by atoms with E-state index >= 15 is 4.39 Å². The summed E-state index contributed by atoms with van der Waals surface area (Å²) in [6.45, 7) is 14.6. The second kappa shape index (κ2) is 12.3. The van der Waals surface area contributed by atoms with E-state index in [4.69, 9.17) is 21.0 Å². The van der Waals surface area contributed by atoms with Gasteiger partial charge in [0.05, 0.1) is 0 Å². The maximum atomic E-state index is 16.2. The standard InChI is InChI=1S/C22H39B2FN5O3Si2/c1-7-34(8-2,9-3)31-13-16-19(33-35(10-4,11-5)12-6)17(25)22(32-16)30-15-28-18-20(29-24-23)26-14-27-21(18)30/h14-17,19,22H,7-13H2,1-6H3,(H,26,27,29)/t16-,17+,19-,22-/m1/s1. The van der Waals surface area contributed by atoms with Crippen LogP contribution in [-0.4, -0.2) is 75.4 Å². The SMILES string of the molecule is [B]=BNc1ncnc2c1ncn2[C@@H]1O[C@H](CO[Si](CC)(CC)CC)[C@@H](O[Si](CC)(CC)CC)[C@@H]1F. The third-order valence-corrected chi connectivity index (χ3v) is 17.2. The summed E-state index contributed by atoms with van der Waals surface area (Å²) in [6.07, 6.45) is -0.551. The van der Waals surface area contributed by atoms with Crippen molar-refractivity contribution in [1.29, 1.82) is 0 Å². The Hall–Kier alpha value is -1.28. The molecule has 35 heavy (non-hydrogen) atoms. The van der Waals surface area contributed by atoms with Crippen molar-refractivity contribution in [3.63, 3.8) is 0 Å². The molecule has 1 fully saturated rings. The van der Waals surface area contributed by atoms with Crippen LogP contribution in [0.2, 0.25) is 36.3 Å². The zero-order valence-corrected chi connectivity index (χ0v) is 24.0. The van der Waals surface area contributed by atoms with Gasteiger partial charge >= 0.3 is 192 Å². The molecule has 8 nitrogen and oxygen atoms in total. The number of halogens is 1. The van der Waals surface area contributed by atoms with Gasteiger partial charge in [0, 0.05) is 0 Å². The Bertz CT molecular complexity index is 963. The minimum atomic E-state index is -2.10. The van der Waals surface area contributed by atoms with Crippen LogP contribution in [0.4, 0.5) is 10.2 Å². The van der Waals surface area contributed by atoms with Gasteiger partial charge in [-0.1, -0.05) is 20.8 Å². The monoisotopic (exact) mass is 518 g/mol. The Morgan fingerprint density at radius 2 is 1.66 bits per heavy atom. The van der Waals surface area contributed by atoms with E-state index in [1.165, 1.54) is 13.3 Å². The number of nitrogens with one attached hydrogen (secondary N) is 1. The first-order chi connectivity index (χ1) is 16.9. The van der Waals surface area contributed by atoms with Crippen LogP contribution in [0.25, 0.3) is 11.2 Å². The van der Waals surface area contributed by atoms with Crippen LogP contribution in [0.1, 0.15) is 47.8 Å². The summed E-state index contributed by atoms with van der Waals surface area (Å²) in [5.74, 6) is 0.455. The van der Waals surface area contributed by atoms with Crippen LogP contribution < -0.4 is 5.23 Å². The first kappa shape index (κ1) is 28.3. The van der Waals surface area contributed by atoms with Gasteiger partial charge in [-0.15, -0.1) is 0 Å². The molecule has 1 N–H and O–H groups in total. The molecule has 0 bridgehead atoms. The summed E-state index contributed by atoms with van der Waals surface area (Å²) in [7, 11) is 1.53. The fraction of sp³-hybridized carbons (Fsp3) is 0.773. The van der Waals surface area contributed by atoms with Crippen LogP contribution in [0.15, 0.2) is 12.7 Å². The van der Waals surface area contributed by atoms with Crippen LogP contribution in [0, 0.1) is 0 Å². The second-order valence-electron chi connectivity index (χ2n) is 9.25. The topological polar surface area (TPSA) is 83.3 Å². The molecule has 1 aliphatic heterocycles. The summed E-state index contributed by atoms with van der Waals surface area (Å²) in [5, 5.41) is 2.85. The van der Waals surface area contributed by atoms with Crippen molar-refractivity contribution < 1.29 is 18.0 Å². The summed E-state index contributed by atoms with van der Waals surface area (Å²) >= 11 is 0. The van der Waals surface area contributed by atoms with Gasteiger partial charge in [-0.3, -0.25) is 0 Å². The van der Waals surface area contributed by atoms with Gasteiger partial charge in [0.2, 0.25) is 0 Å². The Kier molecular flexibility index (Phi) is 9.95. The number of nitrogens with zero attached hydrogens (tertiary/aromatic N) is 4. The number of anilines is 1. The van der Waals surface area contributed by atoms with E-state index in [1.54, 1.807) is 10.9 Å². The van der Waals surface area contributed by atoms with E-state index in [-0.39, 0.29) is 0 Å². The van der Waals surface area contributed by atoms with E-state index in [0.717, 1.165) is 36.3 Å². The molecule has 0 amide bonds. The van der Waals surface area contributed by atoms with Crippen LogP contribution in [0.5, 0.6) is 0 Å². The first-order valence-electron chi connectivity index (χ1n) is 13.0. The number of alkyl halides is 1. The van der Waals surface area contributed by atoms with Crippen LogP contribution >= 0.6 is 0 Å². The van der Waals surface area contributed by atoms with Gasteiger partial charge in [0.25, 0.3) is 0 Å². The summed E-state index contributed by atoms with van der Waals surface area (Å²) < 4.78 is 37.5. The molecule has 1 aliphatic rings. The van der Waals surface area contributed by atoms with Crippen LogP contribution in [-0.2, 0) is 13.6 Å². The predicted octanol–water partition coefficient (Wildman–Crippen LogP) is 4.59. The molecule has 3 heterocycles. The van der Waals surface area contributed by atoms with Crippen molar-refractivity contribution in [2.75, 3.05) is 11.8 Å². The Morgan fingerprint density at radius 1 is 1.03 bits per heavy atom. The normalized spacial score (nSPS) is 23.0. The Morgan fingerprint density at radius 3 is 2.23 bits per heavy atom. The molecule has 191 valence electrons. The number of hydrogen-bond acceptors (Lipinski definition) is 7. The molecule has 3 rings (SSSR count). The van der Waals surface area contributed by atoms with Crippen molar-refractivity contribution in [3.05, 3.63) is 12.7 Å². The van der Waals surface area contributed by atoms with E-state index in [2.05, 4.69) is 61.7 Å². The van der Waals surface area contributed by atoms with Crippen molar-refractivity contribution in [1.82, 2.24) is 19.5 Å². The fourth-order valence-corrected chi connectivity index (χ4v) is 10.5. The maximum absolute atomic E-state index is 16.2. The molecule has 4 atom stereocenters. The van der Waals surface area contributed by atoms with Crippen molar-refractivity contribution in [3.8, 4) is 0 Å². The number of aromatic nitrogens is 4. The van der Waals surface area contributed by atoms with Gasteiger partial charge in [-0.2, -0.15) is 0 Å². The molecule has 0 aliphatic carbocycles. The quantitative estimate of drug-likeness (QED) is 0.367. The van der Waals surface area contributed by atoms with E-state index in [9.17, 15) is 0 Å². The number of hydrogen-bond donors (Lipinski definition) is 1. The molecule has 2 aromatic rings. The zero-order valence-electron chi connectivity index (χ0n) is 22.0. The van der Waals surface area contributed by atoms with Gasteiger partial charge in [0.1, 0.15) is 0 Å². The predicted molar refractivity (Wildman–Crippen MR) is 144 cm³/mol. The molecule has 2 aromatic heterocycles. The van der Waals surface area contributed by atoms with Crippen molar-refractivity contribution in [2.45, 2.75) is 102 Å². The van der Waals surface area contributed by atoms with Gasteiger partial charge in [-0.05, 0) is 0 Å². The Balaban J connectivity index is 1.95. The van der Waals surface area contributed by atoms with E-state index in [0.29, 0.717) is 23.6 Å². The van der Waals surface area contributed by atoms with Gasteiger partial charge < -0.3 is 0 Å². The number of imidazole rings is 1. The molecule has 0 saturated carbocycles. The zero-order chi connectivity index (χ0) is 25.6. The molecular weight excluding hydrogens is 479 g/mol. The number of fused-ring (bicyclic) bond motifs is 1. The van der Waals surface area contributed by atoms with Gasteiger partial charge in [-0.25, -0.2) is 0 Å². The molecular formula is C22H39B2FN5O3Si2. The molecule has 1 radical (unpaired) electrons. The number of ether oxygens (including phenoxy) is 1. The third kappa shape index (κ3) is 5.68. The summed E-state index contributed by atoms with van der Waals surface area (Å²) in [6, 6.07) is 5.88. The first-order valence-corrected chi connectivity index (χ1v) is 18.0. The Labute approximate surface area is 212 Å². The minimum absolute atomic E-state index is 0.335. The molecule has 13 heteroatoms. The summed E-state index contributed by atoms with van der Waals surface area (Å²) in [5.41, 5.74) is 0.970. The van der Waals surface area contributed by atoms with Crippen molar-refractivity contribution in [2.24, 2.45) is 0 Å². The average molecular weight is 518 g/mol. The number of rotatable bonds is 14. The molecule has 0 unspecified atom stereocenters. The molecule has 0 spiro atoms. The van der Waals surface area contributed by atoms with Gasteiger partial charge in [0.15, 0.2) is 0 Å². The van der Waals surface area contributed by atoms with E-state index < -0.39 is 41.2 Å².